The molecular formula is C10H7ClN4O2. The molecule has 6 nitrogen and oxygen atoms in total. The lowest BCUT2D eigenvalue weighted by molar-refractivity contribution is 0.0697. The number of carboxylic acids is 1. The molecule has 86 valence electrons. The molecule has 0 bridgehead atoms. The van der Waals surface area contributed by atoms with Gasteiger partial charge in [-0.2, -0.15) is 0 Å². The first-order chi connectivity index (χ1) is 8.09. The molecule has 0 saturated carbocycles. The van der Waals surface area contributed by atoms with Crippen LogP contribution in [0.5, 0.6) is 0 Å². The molecule has 0 fully saturated rings. The van der Waals surface area contributed by atoms with Crippen molar-refractivity contribution in [2.24, 2.45) is 0 Å². The van der Waals surface area contributed by atoms with Gasteiger partial charge in [0.1, 0.15) is 17.1 Å². The highest BCUT2D eigenvalue weighted by Crippen LogP contribution is 2.22. The molecule has 0 aliphatic heterocycles. The molecule has 2 heterocycles. The number of nitrogens with zero attached hydrogens (tertiary/aromatic N) is 3. The predicted octanol–water partition coefficient (Wildman–Crippen LogP) is 1.47. The molecule has 17 heavy (non-hydrogen) atoms. The Kier molecular flexibility index (Phi) is 2.88. The fraction of sp³-hybridized carbons (Fsp3) is 0. The van der Waals surface area contributed by atoms with Crippen LogP contribution in [0.1, 0.15) is 10.4 Å². The molecular weight excluding hydrogens is 244 g/mol. The van der Waals surface area contributed by atoms with Gasteiger partial charge in [-0.15, -0.1) is 0 Å². The molecule has 0 amide bonds. The summed E-state index contributed by atoms with van der Waals surface area (Å²) in [5.74, 6) is -1.11. The number of rotatable bonds is 2. The van der Waals surface area contributed by atoms with Crippen LogP contribution in [0.3, 0.4) is 0 Å². The van der Waals surface area contributed by atoms with Gasteiger partial charge in [0, 0.05) is 12.4 Å². The average molecular weight is 251 g/mol. The number of aromatic carboxylic acids is 1. The van der Waals surface area contributed by atoms with Crippen LogP contribution >= 0.6 is 11.6 Å². The lowest BCUT2D eigenvalue weighted by Gasteiger charge is -2.04. The molecule has 0 spiro atoms. The zero-order valence-corrected chi connectivity index (χ0v) is 9.22. The van der Waals surface area contributed by atoms with Gasteiger partial charge in [0.25, 0.3) is 0 Å². The quantitative estimate of drug-likeness (QED) is 0.837. The summed E-state index contributed by atoms with van der Waals surface area (Å²) in [4.78, 5) is 22.5. The van der Waals surface area contributed by atoms with Crippen LogP contribution in [0.4, 0.5) is 5.82 Å². The zero-order chi connectivity index (χ0) is 12.4. The smallest absolute Gasteiger partial charge is 0.341 e. The van der Waals surface area contributed by atoms with Gasteiger partial charge in [-0.3, -0.25) is 4.98 Å². The summed E-state index contributed by atoms with van der Waals surface area (Å²) in [6.07, 6.45) is 2.66. The van der Waals surface area contributed by atoms with Crippen LogP contribution in [-0.4, -0.2) is 26.0 Å². The van der Waals surface area contributed by atoms with E-state index in [1.54, 1.807) is 12.1 Å². The fourth-order valence-electron chi connectivity index (χ4n) is 1.22. The molecule has 0 unspecified atom stereocenters. The Bertz CT molecular complexity index is 588. The normalized spacial score (nSPS) is 10.2. The number of pyridine rings is 1. The first-order valence-corrected chi connectivity index (χ1v) is 4.94. The minimum absolute atomic E-state index is 0.121. The maximum absolute atomic E-state index is 10.7. The van der Waals surface area contributed by atoms with E-state index in [0.717, 1.165) is 6.20 Å². The molecule has 2 aromatic heterocycles. The highest BCUT2D eigenvalue weighted by molar-refractivity contribution is 6.32. The van der Waals surface area contributed by atoms with E-state index >= 15 is 0 Å². The van der Waals surface area contributed by atoms with Gasteiger partial charge >= 0.3 is 5.97 Å². The summed E-state index contributed by atoms with van der Waals surface area (Å²) >= 11 is 5.91. The number of carbonyl (C=O) groups is 1. The summed E-state index contributed by atoms with van der Waals surface area (Å²) in [7, 11) is 0. The highest BCUT2D eigenvalue weighted by atomic mass is 35.5. The van der Waals surface area contributed by atoms with Gasteiger partial charge in [0.15, 0.2) is 5.82 Å². The van der Waals surface area contributed by atoms with E-state index in [9.17, 15) is 4.79 Å². The van der Waals surface area contributed by atoms with E-state index in [4.69, 9.17) is 22.4 Å². The van der Waals surface area contributed by atoms with Crippen molar-refractivity contribution in [3.63, 3.8) is 0 Å². The van der Waals surface area contributed by atoms with E-state index in [0.29, 0.717) is 10.7 Å². The van der Waals surface area contributed by atoms with Gasteiger partial charge < -0.3 is 10.8 Å². The van der Waals surface area contributed by atoms with Gasteiger partial charge in [-0.25, -0.2) is 14.8 Å². The maximum Gasteiger partial charge on any atom is 0.341 e. The number of hydrogen-bond donors (Lipinski definition) is 2. The Balaban J connectivity index is 2.52. The largest absolute Gasteiger partial charge is 0.477 e. The maximum atomic E-state index is 10.7. The van der Waals surface area contributed by atoms with E-state index in [1.807, 2.05) is 0 Å². The van der Waals surface area contributed by atoms with Crippen molar-refractivity contribution in [3.8, 4) is 11.5 Å². The molecule has 0 aliphatic rings. The summed E-state index contributed by atoms with van der Waals surface area (Å²) in [5, 5.41) is 9.15. The second kappa shape index (κ2) is 4.34. The molecule has 0 radical (unpaired) electrons. The molecule has 0 aliphatic carbocycles. The van der Waals surface area contributed by atoms with Crippen LogP contribution in [0.25, 0.3) is 11.5 Å². The van der Waals surface area contributed by atoms with Crippen LogP contribution in [0, 0.1) is 0 Å². The molecule has 0 atom stereocenters. The summed E-state index contributed by atoms with van der Waals surface area (Å²) in [6, 6.07) is 3.30. The van der Waals surface area contributed by atoms with Crippen molar-refractivity contribution in [3.05, 3.63) is 35.1 Å². The number of anilines is 1. The highest BCUT2D eigenvalue weighted by Gasteiger charge is 2.13. The molecule has 2 rings (SSSR count). The first-order valence-electron chi connectivity index (χ1n) is 4.56. The van der Waals surface area contributed by atoms with E-state index in [2.05, 4.69) is 15.0 Å². The van der Waals surface area contributed by atoms with Crippen molar-refractivity contribution in [2.45, 2.75) is 0 Å². The lowest BCUT2D eigenvalue weighted by atomic mass is 10.3. The van der Waals surface area contributed by atoms with Gasteiger partial charge in [-0.05, 0) is 12.1 Å². The zero-order valence-electron chi connectivity index (χ0n) is 8.46. The number of nitrogen functional groups attached to an aromatic ring is 1. The van der Waals surface area contributed by atoms with Crippen LogP contribution in [0.15, 0.2) is 24.5 Å². The van der Waals surface area contributed by atoms with Gasteiger partial charge in [0.2, 0.25) is 0 Å². The van der Waals surface area contributed by atoms with Crippen molar-refractivity contribution in [1.29, 1.82) is 0 Å². The van der Waals surface area contributed by atoms with E-state index in [-0.39, 0.29) is 17.2 Å². The minimum atomic E-state index is -1.18. The average Bonchev–Trinajstić information content (AvgIpc) is 2.29. The molecule has 7 heteroatoms. The Hall–Kier alpha value is -2.21. The Morgan fingerprint density at radius 3 is 2.76 bits per heavy atom. The number of aromatic nitrogens is 3. The van der Waals surface area contributed by atoms with E-state index in [1.165, 1.54) is 6.20 Å². The lowest BCUT2D eigenvalue weighted by Crippen LogP contribution is -2.07. The van der Waals surface area contributed by atoms with E-state index < -0.39 is 5.97 Å². The summed E-state index contributed by atoms with van der Waals surface area (Å²) in [6.45, 7) is 0. The van der Waals surface area contributed by atoms with Crippen molar-refractivity contribution < 1.29 is 9.90 Å². The Morgan fingerprint density at radius 1 is 1.41 bits per heavy atom. The van der Waals surface area contributed by atoms with Crippen molar-refractivity contribution in [2.75, 3.05) is 5.73 Å². The Labute approximate surface area is 101 Å². The summed E-state index contributed by atoms with van der Waals surface area (Å²) < 4.78 is 0. The minimum Gasteiger partial charge on any atom is -0.477 e. The molecule has 0 aromatic carbocycles. The number of hydrogen-bond acceptors (Lipinski definition) is 5. The summed E-state index contributed by atoms with van der Waals surface area (Å²) in [5.41, 5.74) is 5.71. The SMILES string of the molecule is Nc1nc(-c2ncccc2Cl)ncc1C(=O)O. The van der Waals surface area contributed by atoms with Crippen LogP contribution < -0.4 is 5.73 Å². The number of carboxylic acid groups (broad SMARTS) is 1. The third-order valence-electron chi connectivity index (χ3n) is 2.02. The molecule has 0 saturated heterocycles. The third kappa shape index (κ3) is 2.16. The van der Waals surface area contributed by atoms with Gasteiger partial charge in [-0.1, -0.05) is 11.6 Å². The van der Waals surface area contributed by atoms with Gasteiger partial charge in [0.05, 0.1) is 5.02 Å². The standard InChI is InChI=1S/C10H7ClN4O2/c11-6-2-1-3-13-7(6)9-14-4-5(10(16)17)8(12)15-9/h1-4H,(H,16,17)(H2,12,14,15). The first kappa shape index (κ1) is 11.3. The number of halogens is 1. The topological polar surface area (TPSA) is 102 Å². The molecule has 3 N–H and O–H groups in total. The number of nitrogens with two attached hydrogens (primary N) is 1. The molecule has 2 aromatic rings. The van der Waals surface area contributed by atoms with Crippen molar-refractivity contribution >= 4 is 23.4 Å². The van der Waals surface area contributed by atoms with Crippen LogP contribution in [0.2, 0.25) is 5.02 Å². The monoisotopic (exact) mass is 250 g/mol. The van der Waals surface area contributed by atoms with Crippen LogP contribution in [-0.2, 0) is 0 Å². The second-order valence-electron chi connectivity index (χ2n) is 3.13. The Morgan fingerprint density at radius 2 is 2.18 bits per heavy atom. The predicted molar refractivity (Wildman–Crippen MR) is 61.6 cm³/mol. The van der Waals surface area contributed by atoms with Crippen molar-refractivity contribution in [1.82, 2.24) is 15.0 Å². The fourth-order valence-corrected chi connectivity index (χ4v) is 1.43. The second-order valence-corrected chi connectivity index (χ2v) is 3.54. The third-order valence-corrected chi connectivity index (χ3v) is 2.32.